The number of urea groups is 1. The molecule has 0 saturated heterocycles. The van der Waals surface area contributed by atoms with Gasteiger partial charge in [-0.3, -0.25) is 0 Å². The molecule has 8 nitrogen and oxygen atoms in total. The number of imidazole rings is 1. The van der Waals surface area contributed by atoms with Crippen LogP contribution in [0.4, 0.5) is 4.79 Å². The highest BCUT2D eigenvalue weighted by molar-refractivity contribution is 7.90. The number of aryl methyl sites for hydroxylation is 1. The molecule has 0 aliphatic rings. The lowest BCUT2D eigenvalue weighted by Crippen LogP contribution is -2.42. The van der Waals surface area contributed by atoms with Crippen LogP contribution >= 0.6 is 0 Å². The van der Waals surface area contributed by atoms with Crippen LogP contribution in [0.15, 0.2) is 119 Å². The van der Waals surface area contributed by atoms with Crippen LogP contribution in [0.1, 0.15) is 23.0 Å². The number of hydrogen-bond donors (Lipinski definition) is 2. The first-order valence-electron chi connectivity index (χ1n) is 12.0. The molecule has 0 aliphatic carbocycles. The smallest absolute Gasteiger partial charge is 0.329 e. The number of carbonyl (C=O) groups is 1. The molecule has 0 spiro atoms. The SMILES string of the molecule is Cc1ccccc1S(=O)(=O)NC(=O)NC(Cc1ccccc1)c1nccn1-c1cccc(-c2ccoc2)c1. The zero-order valence-electron chi connectivity index (χ0n) is 20.6. The maximum atomic E-state index is 13.0. The van der Waals surface area contributed by atoms with Gasteiger partial charge in [0.05, 0.1) is 23.5 Å². The van der Waals surface area contributed by atoms with E-state index in [4.69, 9.17) is 4.42 Å². The monoisotopic (exact) mass is 526 g/mol. The molecule has 1 atom stereocenters. The number of nitrogens with zero attached hydrogens (tertiary/aromatic N) is 2. The number of hydrogen-bond acceptors (Lipinski definition) is 5. The molecule has 38 heavy (non-hydrogen) atoms. The zero-order valence-corrected chi connectivity index (χ0v) is 21.4. The number of aromatic nitrogens is 2. The van der Waals surface area contributed by atoms with Crippen molar-refractivity contribution in [2.75, 3.05) is 0 Å². The summed E-state index contributed by atoms with van der Waals surface area (Å²) in [5, 5.41) is 2.84. The lowest BCUT2D eigenvalue weighted by atomic mass is 10.0. The van der Waals surface area contributed by atoms with E-state index in [1.165, 1.54) is 6.07 Å². The van der Waals surface area contributed by atoms with Crippen LogP contribution in [0, 0.1) is 6.92 Å². The summed E-state index contributed by atoms with van der Waals surface area (Å²) in [6, 6.07) is 24.4. The number of benzene rings is 3. The summed E-state index contributed by atoms with van der Waals surface area (Å²) in [4.78, 5) is 17.7. The van der Waals surface area contributed by atoms with Gasteiger partial charge in [-0.2, -0.15) is 0 Å². The fourth-order valence-corrected chi connectivity index (χ4v) is 5.50. The van der Waals surface area contributed by atoms with Crippen molar-refractivity contribution in [2.24, 2.45) is 0 Å². The lowest BCUT2D eigenvalue weighted by Gasteiger charge is -2.21. The van der Waals surface area contributed by atoms with Crippen molar-refractivity contribution in [2.45, 2.75) is 24.3 Å². The minimum absolute atomic E-state index is 0.0484. The minimum atomic E-state index is -4.07. The third-order valence-corrected chi connectivity index (χ3v) is 7.65. The minimum Gasteiger partial charge on any atom is -0.472 e. The van der Waals surface area contributed by atoms with Gasteiger partial charge in [0, 0.05) is 23.6 Å². The highest BCUT2D eigenvalue weighted by Gasteiger charge is 2.25. The normalized spacial score (nSPS) is 12.1. The number of carbonyl (C=O) groups excluding carboxylic acids is 1. The van der Waals surface area contributed by atoms with E-state index >= 15 is 0 Å². The molecule has 0 radical (unpaired) electrons. The summed E-state index contributed by atoms with van der Waals surface area (Å²) >= 11 is 0. The second-order valence-corrected chi connectivity index (χ2v) is 10.5. The fourth-order valence-electron chi connectivity index (χ4n) is 4.33. The van der Waals surface area contributed by atoms with Crippen molar-refractivity contribution in [3.8, 4) is 16.8 Å². The molecule has 2 N–H and O–H groups in total. The van der Waals surface area contributed by atoms with Gasteiger partial charge in [0.1, 0.15) is 5.82 Å². The molecule has 0 fully saturated rings. The summed E-state index contributed by atoms with van der Waals surface area (Å²) in [7, 11) is -4.07. The first kappa shape index (κ1) is 25.0. The van der Waals surface area contributed by atoms with Crippen molar-refractivity contribution >= 4 is 16.1 Å². The van der Waals surface area contributed by atoms with Crippen LogP contribution in [0.2, 0.25) is 0 Å². The van der Waals surface area contributed by atoms with E-state index in [1.807, 2.05) is 71.4 Å². The van der Waals surface area contributed by atoms with E-state index < -0.39 is 22.1 Å². The summed E-state index contributed by atoms with van der Waals surface area (Å²) in [6.07, 6.45) is 7.16. The zero-order chi connectivity index (χ0) is 26.5. The molecule has 192 valence electrons. The van der Waals surface area contributed by atoms with E-state index in [9.17, 15) is 13.2 Å². The third-order valence-electron chi connectivity index (χ3n) is 6.16. The number of amides is 2. The maximum absolute atomic E-state index is 13.0. The number of sulfonamides is 1. The molecule has 9 heteroatoms. The topological polar surface area (TPSA) is 106 Å². The molecule has 0 bridgehead atoms. The maximum Gasteiger partial charge on any atom is 0.329 e. The second-order valence-electron chi connectivity index (χ2n) is 8.80. The lowest BCUT2D eigenvalue weighted by molar-refractivity contribution is 0.241. The summed E-state index contributed by atoms with van der Waals surface area (Å²) in [5.74, 6) is 0.557. The van der Waals surface area contributed by atoms with E-state index in [1.54, 1.807) is 43.8 Å². The van der Waals surface area contributed by atoms with Gasteiger partial charge in [-0.15, -0.1) is 0 Å². The van der Waals surface area contributed by atoms with Crippen LogP contribution < -0.4 is 10.0 Å². The molecule has 2 heterocycles. The molecule has 1 unspecified atom stereocenters. The van der Waals surface area contributed by atoms with Crippen molar-refractivity contribution < 1.29 is 17.6 Å². The standard InChI is InChI=1S/C29H26N4O4S/c1-21-8-5-6-13-27(21)38(35,36)32-29(34)31-26(18-22-9-3-2-4-10-22)28-30-15-16-33(28)25-12-7-11-23(19-25)24-14-17-37-20-24/h2-17,19-20,26H,18H2,1H3,(H2,31,32,34). The molecule has 5 aromatic rings. The first-order chi connectivity index (χ1) is 18.4. The van der Waals surface area contributed by atoms with Crippen LogP contribution in [0.5, 0.6) is 0 Å². The average Bonchev–Trinajstić information content (AvgIpc) is 3.62. The molecular formula is C29H26N4O4S. The fraction of sp³-hybridized carbons (Fsp3) is 0.103. The Bertz CT molecular complexity index is 1640. The largest absolute Gasteiger partial charge is 0.472 e. The molecule has 3 aromatic carbocycles. The van der Waals surface area contributed by atoms with E-state index in [0.717, 1.165) is 22.4 Å². The van der Waals surface area contributed by atoms with Gasteiger partial charge < -0.3 is 14.3 Å². The predicted molar refractivity (Wildman–Crippen MR) is 144 cm³/mol. The Morgan fingerprint density at radius 1 is 0.974 bits per heavy atom. The highest BCUT2D eigenvalue weighted by Crippen LogP contribution is 2.26. The molecule has 0 aliphatic heterocycles. The Hall–Kier alpha value is -4.63. The summed E-state index contributed by atoms with van der Waals surface area (Å²) < 4.78 is 35.1. The van der Waals surface area contributed by atoms with Gasteiger partial charge in [-0.05, 0) is 54.3 Å². The quantitative estimate of drug-likeness (QED) is 0.281. The van der Waals surface area contributed by atoms with Gasteiger partial charge >= 0.3 is 6.03 Å². The average molecular weight is 527 g/mol. The molecule has 5 rings (SSSR count). The molecule has 2 amide bonds. The number of rotatable bonds is 8. The van der Waals surface area contributed by atoms with Gasteiger partial charge in [-0.25, -0.2) is 22.9 Å². The van der Waals surface area contributed by atoms with Crippen LogP contribution in [0.3, 0.4) is 0 Å². The van der Waals surface area contributed by atoms with E-state index in [0.29, 0.717) is 17.8 Å². The predicted octanol–water partition coefficient (Wildman–Crippen LogP) is 5.41. The Labute approximate surface area is 221 Å². The van der Waals surface area contributed by atoms with E-state index in [2.05, 4.69) is 15.0 Å². The van der Waals surface area contributed by atoms with Crippen molar-refractivity contribution in [1.82, 2.24) is 19.6 Å². The Balaban J connectivity index is 1.46. The van der Waals surface area contributed by atoms with Crippen molar-refractivity contribution in [3.05, 3.63) is 127 Å². The number of furan rings is 1. The number of nitrogens with one attached hydrogen (secondary N) is 2. The Morgan fingerprint density at radius 2 is 1.76 bits per heavy atom. The molecule has 2 aromatic heterocycles. The Kier molecular flexibility index (Phi) is 7.10. The van der Waals surface area contributed by atoms with Gasteiger partial charge in [0.25, 0.3) is 10.0 Å². The highest BCUT2D eigenvalue weighted by atomic mass is 32.2. The van der Waals surface area contributed by atoms with Crippen molar-refractivity contribution in [1.29, 1.82) is 0 Å². The summed E-state index contributed by atoms with van der Waals surface area (Å²) in [6.45, 7) is 1.68. The van der Waals surface area contributed by atoms with Gasteiger partial charge in [0.15, 0.2) is 0 Å². The third kappa shape index (κ3) is 5.52. The van der Waals surface area contributed by atoms with Crippen LogP contribution in [-0.4, -0.2) is 24.0 Å². The Morgan fingerprint density at radius 3 is 2.53 bits per heavy atom. The first-order valence-corrected chi connectivity index (χ1v) is 13.5. The second kappa shape index (κ2) is 10.8. The van der Waals surface area contributed by atoms with Gasteiger partial charge in [-0.1, -0.05) is 60.7 Å². The molecular weight excluding hydrogens is 500 g/mol. The molecule has 0 saturated carbocycles. The van der Waals surface area contributed by atoms with Crippen LogP contribution in [-0.2, 0) is 16.4 Å². The van der Waals surface area contributed by atoms with Crippen molar-refractivity contribution in [3.63, 3.8) is 0 Å². The van der Waals surface area contributed by atoms with E-state index in [-0.39, 0.29) is 4.90 Å². The van der Waals surface area contributed by atoms with Gasteiger partial charge in [0.2, 0.25) is 0 Å². The van der Waals surface area contributed by atoms with Crippen LogP contribution in [0.25, 0.3) is 16.8 Å². The summed E-state index contributed by atoms with van der Waals surface area (Å²) in [5.41, 5.74) is 4.24.